The van der Waals surface area contributed by atoms with Crippen LogP contribution in [0.4, 0.5) is 10.2 Å². The molecule has 17 heavy (non-hydrogen) atoms. The van der Waals surface area contributed by atoms with Crippen molar-refractivity contribution < 1.29 is 9.13 Å². The van der Waals surface area contributed by atoms with Gasteiger partial charge in [-0.3, -0.25) is 0 Å². The molecule has 1 heterocycles. The van der Waals surface area contributed by atoms with Gasteiger partial charge in [-0.2, -0.15) is 4.98 Å². The summed E-state index contributed by atoms with van der Waals surface area (Å²) in [5.74, 6) is 1.37. The van der Waals surface area contributed by atoms with Gasteiger partial charge in [0.25, 0.3) is 0 Å². The standard InChI is InChI=1S/C12H10BrFN2O/c1-15-11-3-2-4-12(16-11)17-8-5-6-10(14)9(13)7-8/h2-7H,1H3,(H,15,16). The number of anilines is 1. The Morgan fingerprint density at radius 2 is 2.12 bits per heavy atom. The lowest BCUT2D eigenvalue weighted by atomic mass is 10.3. The molecule has 88 valence electrons. The number of aromatic nitrogens is 1. The highest BCUT2D eigenvalue weighted by Gasteiger charge is 2.03. The molecule has 1 aromatic heterocycles. The lowest BCUT2D eigenvalue weighted by Crippen LogP contribution is -1.94. The first-order valence-corrected chi connectivity index (χ1v) is 5.76. The second-order valence-electron chi connectivity index (χ2n) is 3.29. The molecule has 0 bridgehead atoms. The van der Waals surface area contributed by atoms with E-state index < -0.39 is 0 Å². The Morgan fingerprint density at radius 3 is 2.82 bits per heavy atom. The first-order chi connectivity index (χ1) is 8.19. The molecule has 0 aliphatic carbocycles. The third kappa shape index (κ3) is 2.94. The number of nitrogens with zero attached hydrogens (tertiary/aromatic N) is 1. The van der Waals surface area contributed by atoms with Crippen molar-refractivity contribution in [1.29, 1.82) is 0 Å². The summed E-state index contributed by atoms with van der Waals surface area (Å²) in [7, 11) is 1.78. The van der Waals surface area contributed by atoms with Crippen LogP contribution in [0.15, 0.2) is 40.9 Å². The second-order valence-corrected chi connectivity index (χ2v) is 4.14. The van der Waals surface area contributed by atoms with Crippen LogP contribution >= 0.6 is 15.9 Å². The van der Waals surface area contributed by atoms with E-state index in [0.717, 1.165) is 0 Å². The average Bonchev–Trinajstić information content (AvgIpc) is 2.34. The van der Waals surface area contributed by atoms with Gasteiger partial charge in [0, 0.05) is 13.1 Å². The first kappa shape index (κ1) is 11.9. The highest BCUT2D eigenvalue weighted by atomic mass is 79.9. The van der Waals surface area contributed by atoms with Crippen LogP contribution in [0.2, 0.25) is 0 Å². The summed E-state index contributed by atoms with van der Waals surface area (Å²) in [6.45, 7) is 0. The molecule has 0 saturated heterocycles. The summed E-state index contributed by atoms with van der Waals surface area (Å²) >= 11 is 3.10. The molecular formula is C12H10BrFN2O. The third-order valence-electron chi connectivity index (χ3n) is 2.09. The van der Waals surface area contributed by atoms with Crippen LogP contribution in [0, 0.1) is 5.82 Å². The molecule has 1 N–H and O–H groups in total. The monoisotopic (exact) mass is 296 g/mol. The summed E-state index contributed by atoms with van der Waals surface area (Å²) in [6, 6.07) is 9.83. The molecule has 0 radical (unpaired) electrons. The van der Waals surface area contributed by atoms with Crippen LogP contribution in [0.1, 0.15) is 0 Å². The van der Waals surface area contributed by atoms with E-state index in [-0.39, 0.29) is 5.82 Å². The average molecular weight is 297 g/mol. The molecule has 0 aliphatic rings. The van der Waals surface area contributed by atoms with Crippen molar-refractivity contribution in [3.63, 3.8) is 0 Å². The Kier molecular flexibility index (Phi) is 3.58. The van der Waals surface area contributed by atoms with Gasteiger partial charge < -0.3 is 10.1 Å². The first-order valence-electron chi connectivity index (χ1n) is 4.97. The van der Waals surface area contributed by atoms with Crippen molar-refractivity contribution in [3.05, 3.63) is 46.7 Å². The number of nitrogens with one attached hydrogen (secondary N) is 1. The van der Waals surface area contributed by atoms with E-state index in [0.29, 0.717) is 21.9 Å². The molecule has 0 unspecified atom stereocenters. The Labute approximate surface area is 107 Å². The van der Waals surface area contributed by atoms with E-state index in [1.165, 1.54) is 6.07 Å². The molecule has 0 amide bonds. The van der Waals surface area contributed by atoms with Gasteiger partial charge in [0.15, 0.2) is 0 Å². The van der Waals surface area contributed by atoms with Crippen LogP contribution < -0.4 is 10.1 Å². The van der Waals surface area contributed by atoms with Gasteiger partial charge >= 0.3 is 0 Å². The molecule has 0 atom stereocenters. The van der Waals surface area contributed by atoms with Crippen LogP contribution in [0.25, 0.3) is 0 Å². The van der Waals surface area contributed by atoms with E-state index in [1.54, 1.807) is 25.2 Å². The van der Waals surface area contributed by atoms with Crippen molar-refractivity contribution >= 4 is 21.7 Å². The lowest BCUT2D eigenvalue weighted by Gasteiger charge is -2.06. The Bertz CT molecular complexity index is 534. The molecule has 0 spiro atoms. The molecule has 2 rings (SSSR count). The number of hydrogen-bond donors (Lipinski definition) is 1. The minimum Gasteiger partial charge on any atom is -0.439 e. The van der Waals surface area contributed by atoms with Gasteiger partial charge in [-0.15, -0.1) is 0 Å². The fraction of sp³-hybridized carbons (Fsp3) is 0.0833. The fourth-order valence-corrected chi connectivity index (χ4v) is 1.63. The largest absolute Gasteiger partial charge is 0.439 e. The predicted octanol–water partition coefficient (Wildman–Crippen LogP) is 3.82. The maximum Gasteiger partial charge on any atom is 0.221 e. The van der Waals surface area contributed by atoms with Gasteiger partial charge in [0.2, 0.25) is 5.88 Å². The molecule has 0 saturated carbocycles. The topological polar surface area (TPSA) is 34.1 Å². The smallest absolute Gasteiger partial charge is 0.221 e. The minimum absolute atomic E-state index is 0.325. The zero-order valence-electron chi connectivity index (χ0n) is 9.08. The summed E-state index contributed by atoms with van der Waals surface area (Å²) in [5, 5.41) is 2.91. The van der Waals surface area contributed by atoms with E-state index in [2.05, 4.69) is 26.2 Å². The quantitative estimate of drug-likeness (QED) is 0.935. The number of rotatable bonds is 3. The fourth-order valence-electron chi connectivity index (χ4n) is 1.27. The predicted molar refractivity (Wildman–Crippen MR) is 68.0 cm³/mol. The zero-order valence-corrected chi connectivity index (χ0v) is 10.7. The molecule has 3 nitrogen and oxygen atoms in total. The lowest BCUT2D eigenvalue weighted by molar-refractivity contribution is 0.461. The molecule has 0 fully saturated rings. The number of ether oxygens (including phenoxy) is 1. The van der Waals surface area contributed by atoms with Gasteiger partial charge in [-0.1, -0.05) is 6.07 Å². The molecule has 1 aromatic carbocycles. The normalized spacial score (nSPS) is 10.1. The number of benzene rings is 1. The SMILES string of the molecule is CNc1cccc(Oc2ccc(F)c(Br)c2)n1. The Hall–Kier alpha value is -1.62. The van der Waals surface area contributed by atoms with Crippen molar-refractivity contribution in [1.82, 2.24) is 4.98 Å². The highest BCUT2D eigenvalue weighted by molar-refractivity contribution is 9.10. The van der Waals surface area contributed by atoms with Crippen molar-refractivity contribution in [2.45, 2.75) is 0 Å². The zero-order chi connectivity index (χ0) is 12.3. The Balaban J connectivity index is 2.22. The van der Waals surface area contributed by atoms with Gasteiger partial charge in [-0.25, -0.2) is 4.39 Å². The maximum absolute atomic E-state index is 13.0. The van der Waals surface area contributed by atoms with Crippen molar-refractivity contribution in [2.24, 2.45) is 0 Å². The van der Waals surface area contributed by atoms with Gasteiger partial charge in [0.1, 0.15) is 17.4 Å². The number of pyridine rings is 1. The number of hydrogen-bond acceptors (Lipinski definition) is 3. The molecule has 5 heteroatoms. The van der Waals surface area contributed by atoms with Crippen molar-refractivity contribution in [2.75, 3.05) is 12.4 Å². The van der Waals surface area contributed by atoms with E-state index >= 15 is 0 Å². The van der Waals surface area contributed by atoms with Gasteiger partial charge in [0.05, 0.1) is 4.47 Å². The molecule has 2 aromatic rings. The van der Waals surface area contributed by atoms with E-state index in [4.69, 9.17) is 4.74 Å². The summed E-state index contributed by atoms with van der Waals surface area (Å²) < 4.78 is 18.9. The summed E-state index contributed by atoms with van der Waals surface area (Å²) in [6.07, 6.45) is 0. The highest BCUT2D eigenvalue weighted by Crippen LogP contribution is 2.25. The van der Waals surface area contributed by atoms with Crippen LogP contribution in [0.3, 0.4) is 0 Å². The third-order valence-corrected chi connectivity index (χ3v) is 2.70. The maximum atomic E-state index is 13.0. The summed E-state index contributed by atoms with van der Waals surface area (Å²) in [5.41, 5.74) is 0. The second kappa shape index (κ2) is 5.14. The van der Waals surface area contributed by atoms with Gasteiger partial charge in [-0.05, 0) is 40.2 Å². The van der Waals surface area contributed by atoms with Crippen LogP contribution in [0.5, 0.6) is 11.6 Å². The van der Waals surface area contributed by atoms with E-state index in [9.17, 15) is 4.39 Å². The Morgan fingerprint density at radius 1 is 1.29 bits per heavy atom. The van der Waals surface area contributed by atoms with Crippen molar-refractivity contribution in [3.8, 4) is 11.6 Å². The summed E-state index contributed by atoms with van der Waals surface area (Å²) in [4.78, 5) is 4.20. The molecule has 0 aliphatic heterocycles. The molecular weight excluding hydrogens is 287 g/mol. The number of halogens is 2. The minimum atomic E-state index is -0.325. The van der Waals surface area contributed by atoms with E-state index in [1.807, 2.05) is 12.1 Å². The van der Waals surface area contributed by atoms with Crippen LogP contribution in [-0.2, 0) is 0 Å². The van der Waals surface area contributed by atoms with Crippen LogP contribution in [-0.4, -0.2) is 12.0 Å².